The molecular weight excluding hydrogens is 278 g/mol. The summed E-state index contributed by atoms with van der Waals surface area (Å²) < 4.78 is 0. The molecule has 2 aliphatic heterocycles. The number of amides is 2. The number of aliphatic hydroxyl groups excluding tert-OH is 1. The van der Waals surface area contributed by atoms with Gasteiger partial charge < -0.3 is 20.2 Å². The van der Waals surface area contributed by atoms with E-state index in [4.69, 9.17) is 11.6 Å². The number of anilines is 1. The maximum absolute atomic E-state index is 11.6. The van der Waals surface area contributed by atoms with E-state index in [2.05, 4.69) is 10.2 Å². The van der Waals surface area contributed by atoms with E-state index < -0.39 is 6.10 Å². The van der Waals surface area contributed by atoms with Gasteiger partial charge in [0.2, 0.25) is 0 Å². The molecule has 3 rings (SSSR count). The van der Waals surface area contributed by atoms with Crippen LogP contribution in [0.15, 0.2) is 18.2 Å². The highest BCUT2D eigenvalue weighted by Gasteiger charge is 2.35. The molecule has 0 radical (unpaired) electrons. The predicted octanol–water partition coefficient (Wildman–Crippen LogP) is 1.61. The highest BCUT2D eigenvalue weighted by atomic mass is 35.5. The molecule has 0 aliphatic carbocycles. The summed E-state index contributed by atoms with van der Waals surface area (Å²) in [7, 11) is 0. The van der Waals surface area contributed by atoms with Crippen LogP contribution in [-0.4, -0.2) is 48.3 Å². The fourth-order valence-corrected chi connectivity index (χ4v) is 3.17. The number of nitrogens with zero attached hydrogens (tertiary/aromatic N) is 2. The molecule has 1 aromatic rings. The normalized spacial score (nSPS) is 23.6. The summed E-state index contributed by atoms with van der Waals surface area (Å²) in [4.78, 5) is 15.7. The van der Waals surface area contributed by atoms with Gasteiger partial charge in [0.25, 0.3) is 0 Å². The molecule has 2 unspecified atom stereocenters. The number of urea groups is 1. The van der Waals surface area contributed by atoms with Gasteiger partial charge in [0.15, 0.2) is 0 Å². The molecule has 6 heteroatoms. The second-order valence-corrected chi connectivity index (χ2v) is 5.77. The van der Waals surface area contributed by atoms with Crippen LogP contribution in [0.25, 0.3) is 0 Å². The van der Waals surface area contributed by atoms with Crippen molar-refractivity contribution >= 4 is 23.3 Å². The number of nitrogens with one attached hydrogen (secondary N) is 1. The number of halogens is 1. The Balaban J connectivity index is 1.79. The quantitative estimate of drug-likeness (QED) is 0.871. The Morgan fingerprint density at radius 3 is 2.95 bits per heavy atom. The lowest BCUT2D eigenvalue weighted by Gasteiger charge is -2.38. The number of rotatable bonds is 2. The molecule has 2 amide bonds. The van der Waals surface area contributed by atoms with Gasteiger partial charge in [-0.3, -0.25) is 0 Å². The molecule has 2 heterocycles. The van der Waals surface area contributed by atoms with E-state index in [9.17, 15) is 9.90 Å². The van der Waals surface area contributed by atoms with Gasteiger partial charge in [0.05, 0.1) is 22.9 Å². The van der Waals surface area contributed by atoms with E-state index in [1.54, 1.807) is 6.92 Å². The average molecular weight is 296 g/mol. The minimum absolute atomic E-state index is 0.0326. The number of carbonyl (C=O) groups excluding carboxylic acids is 1. The molecular formula is C14H18ClN3O2. The average Bonchev–Trinajstić information content (AvgIpc) is 2.79. The van der Waals surface area contributed by atoms with E-state index in [1.807, 2.05) is 23.1 Å². The van der Waals surface area contributed by atoms with Gasteiger partial charge in [-0.2, -0.15) is 0 Å². The van der Waals surface area contributed by atoms with Crippen LogP contribution in [0.1, 0.15) is 18.6 Å². The second-order valence-electron chi connectivity index (χ2n) is 5.37. The van der Waals surface area contributed by atoms with E-state index in [0.29, 0.717) is 18.1 Å². The lowest BCUT2D eigenvalue weighted by atomic mass is 10.1. The summed E-state index contributed by atoms with van der Waals surface area (Å²) in [6, 6.07) is 5.90. The Morgan fingerprint density at radius 1 is 1.45 bits per heavy atom. The molecule has 2 atom stereocenters. The zero-order valence-electron chi connectivity index (χ0n) is 11.3. The fraction of sp³-hybridized carbons (Fsp3) is 0.500. The van der Waals surface area contributed by atoms with Crippen LogP contribution >= 0.6 is 11.6 Å². The number of hydrogen-bond acceptors (Lipinski definition) is 3. The van der Waals surface area contributed by atoms with Crippen LogP contribution in [0.3, 0.4) is 0 Å². The van der Waals surface area contributed by atoms with Gasteiger partial charge >= 0.3 is 6.03 Å². The van der Waals surface area contributed by atoms with Crippen LogP contribution in [0.5, 0.6) is 0 Å². The molecule has 2 fully saturated rings. The molecule has 0 bridgehead atoms. The smallest absolute Gasteiger partial charge is 0.317 e. The SMILES string of the molecule is CC(O)c1ccc(N2CCN3C(=O)NCC3C2)c(Cl)c1. The fourth-order valence-electron chi connectivity index (χ4n) is 2.86. The van der Waals surface area contributed by atoms with Crippen LogP contribution in [0, 0.1) is 0 Å². The zero-order valence-corrected chi connectivity index (χ0v) is 12.1. The van der Waals surface area contributed by atoms with Crippen LogP contribution in [-0.2, 0) is 0 Å². The zero-order chi connectivity index (χ0) is 14.3. The van der Waals surface area contributed by atoms with Crippen LogP contribution in [0.2, 0.25) is 5.02 Å². The Morgan fingerprint density at radius 2 is 2.25 bits per heavy atom. The Kier molecular flexibility index (Phi) is 3.48. The van der Waals surface area contributed by atoms with Gasteiger partial charge in [-0.05, 0) is 24.6 Å². The van der Waals surface area contributed by atoms with Gasteiger partial charge in [-0.15, -0.1) is 0 Å². The van der Waals surface area contributed by atoms with Crippen LogP contribution < -0.4 is 10.2 Å². The van der Waals surface area contributed by atoms with Crippen molar-refractivity contribution in [2.24, 2.45) is 0 Å². The number of fused-ring (bicyclic) bond motifs is 1. The van der Waals surface area contributed by atoms with E-state index in [-0.39, 0.29) is 12.1 Å². The third-order valence-corrected chi connectivity index (χ3v) is 4.33. The van der Waals surface area contributed by atoms with Gasteiger partial charge in [-0.1, -0.05) is 17.7 Å². The van der Waals surface area contributed by atoms with Crippen molar-refractivity contribution in [1.82, 2.24) is 10.2 Å². The third kappa shape index (κ3) is 2.31. The van der Waals surface area contributed by atoms with Crippen molar-refractivity contribution in [1.29, 1.82) is 0 Å². The molecule has 0 aromatic heterocycles. The summed E-state index contributed by atoms with van der Waals surface area (Å²) in [6.07, 6.45) is -0.518. The van der Waals surface area contributed by atoms with Gasteiger partial charge in [0.1, 0.15) is 0 Å². The van der Waals surface area contributed by atoms with Gasteiger partial charge in [-0.25, -0.2) is 4.79 Å². The first-order valence-electron chi connectivity index (χ1n) is 6.83. The Bertz CT molecular complexity index is 535. The molecule has 0 saturated carbocycles. The van der Waals surface area contributed by atoms with Crippen molar-refractivity contribution in [2.75, 3.05) is 31.1 Å². The van der Waals surface area contributed by atoms with Crippen molar-refractivity contribution < 1.29 is 9.90 Å². The largest absolute Gasteiger partial charge is 0.389 e. The van der Waals surface area contributed by atoms with Crippen molar-refractivity contribution in [3.8, 4) is 0 Å². The summed E-state index contributed by atoms with van der Waals surface area (Å²) in [6.45, 7) is 4.69. The van der Waals surface area contributed by atoms with Crippen molar-refractivity contribution in [3.63, 3.8) is 0 Å². The first-order valence-corrected chi connectivity index (χ1v) is 7.21. The summed E-state index contributed by atoms with van der Waals surface area (Å²) in [5, 5.41) is 13.1. The monoisotopic (exact) mass is 295 g/mol. The topological polar surface area (TPSA) is 55.8 Å². The summed E-state index contributed by atoms with van der Waals surface area (Å²) in [5.41, 5.74) is 1.78. The molecule has 2 N–H and O–H groups in total. The summed E-state index contributed by atoms with van der Waals surface area (Å²) in [5.74, 6) is 0. The lowest BCUT2D eigenvalue weighted by Crippen LogP contribution is -2.52. The van der Waals surface area contributed by atoms with E-state index in [0.717, 1.165) is 24.3 Å². The van der Waals surface area contributed by atoms with E-state index >= 15 is 0 Å². The number of benzene rings is 1. The molecule has 5 nitrogen and oxygen atoms in total. The third-order valence-electron chi connectivity index (χ3n) is 4.03. The number of aliphatic hydroxyl groups is 1. The Labute approximate surface area is 123 Å². The highest BCUT2D eigenvalue weighted by molar-refractivity contribution is 6.33. The van der Waals surface area contributed by atoms with Crippen molar-refractivity contribution in [2.45, 2.75) is 19.1 Å². The maximum atomic E-state index is 11.6. The summed E-state index contributed by atoms with van der Waals surface area (Å²) >= 11 is 6.33. The first-order chi connectivity index (χ1) is 9.56. The molecule has 20 heavy (non-hydrogen) atoms. The maximum Gasteiger partial charge on any atom is 0.317 e. The molecule has 1 aromatic carbocycles. The highest BCUT2D eigenvalue weighted by Crippen LogP contribution is 2.31. The van der Waals surface area contributed by atoms with E-state index in [1.165, 1.54) is 0 Å². The first kappa shape index (κ1) is 13.5. The molecule has 2 aliphatic rings. The van der Waals surface area contributed by atoms with Crippen LogP contribution in [0.4, 0.5) is 10.5 Å². The predicted molar refractivity (Wildman–Crippen MR) is 78.2 cm³/mol. The number of hydrogen-bond donors (Lipinski definition) is 2. The standard InChI is InChI=1S/C14H18ClN3O2/c1-9(19)10-2-3-13(12(15)6-10)17-4-5-18-11(8-17)7-16-14(18)20/h2-3,6,9,11,19H,4-5,7-8H2,1H3,(H,16,20). The molecule has 0 spiro atoms. The van der Waals surface area contributed by atoms with Crippen molar-refractivity contribution in [3.05, 3.63) is 28.8 Å². The second kappa shape index (κ2) is 5.14. The van der Waals surface area contributed by atoms with Gasteiger partial charge in [0, 0.05) is 26.2 Å². The lowest BCUT2D eigenvalue weighted by molar-refractivity contribution is 0.197. The Hall–Kier alpha value is -1.46. The minimum atomic E-state index is -0.518. The molecule has 2 saturated heterocycles. The number of carbonyl (C=O) groups is 1. The number of piperazine rings is 1. The minimum Gasteiger partial charge on any atom is -0.389 e. The molecule has 108 valence electrons.